The number of carboxylic acid groups (broad SMARTS) is 1. The van der Waals surface area contributed by atoms with Gasteiger partial charge in [0.1, 0.15) is 11.0 Å². The van der Waals surface area contributed by atoms with E-state index in [4.69, 9.17) is 9.84 Å². The van der Waals surface area contributed by atoms with Crippen LogP contribution in [0.1, 0.15) is 55.7 Å². The average Bonchev–Trinajstić information content (AvgIpc) is 3.01. The third kappa shape index (κ3) is 8.84. The van der Waals surface area contributed by atoms with Crippen LogP contribution in [0.15, 0.2) is 83.8 Å². The molecular formula is C32H38N2O5S. The predicted molar refractivity (Wildman–Crippen MR) is 157 cm³/mol. The summed E-state index contributed by atoms with van der Waals surface area (Å²) in [6.07, 6.45) is 7.53. The summed E-state index contributed by atoms with van der Waals surface area (Å²) in [5.74, 6) is -0.778. The molecule has 1 aliphatic heterocycles. The predicted octanol–water partition coefficient (Wildman–Crippen LogP) is 5.53. The quantitative estimate of drug-likeness (QED) is 0.334. The van der Waals surface area contributed by atoms with Crippen molar-refractivity contribution in [2.24, 2.45) is 0 Å². The molecule has 2 atom stereocenters. The molecule has 0 radical (unpaired) electrons. The van der Waals surface area contributed by atoms with Crippen molar-refractivity contribution in [3.63, 3.8) is 0 Å². The minimum Gasteiger partial charge on any atom is -0.481 e. The van der Waals surface area contributed by atoms with Gasteiger partial charge in [0.05, 0.1) is 24.2 Å². The maximum atomic E-state index is 12.5. The third-order valence-electron chi connectivity index (χ3n) is 7.35. The number of carbonyl (C=O) groups is 2. The van der Waals surface area contributed by atoms with Crippen LogP contribution in [0, 0.1) is 0 Å². The normalized spacial score (nSPS) is 18.3. The highest BCUT2D eigenvalue weighted by atomic mass is 32.2. The van der Waals surface area contributed by atoms with Crippen LogP contribution < -0.4 is 4.72 Å². The van der Waals surface area contributed by atoms with Crippen molar-refractivity contribution in [2.45, 2.75) is 61.9 Å². The van der Waals surface area contributed by atoms with Gasteiger partial charge >= 0.3 is 5.97 Å². The lowest BCUT2D eigenvalue weighted by atomic mass is 9.96. The molecule has 2 N–H and O–H groups in total. The van der Waals surface area contributed by atoms with E-state index in [2.05, 4.69) is 4.72 Å². The first-order valence-electron chi connectivity index (χ1n) is 14.0. The van der Waals surface area contributed by atoms with Crippen LogP contribution in [0.4, 0.5) is 0 Å². The first-order valence-corrected chi connectivity index (χ1v) is 15.1. The zero-order valence-corrected chi connectivity index (χ0v) is 23.6. The molecule has 1 heterocycles. The molecule has 3 aromatic carbocycles. The van der Waals surface area contributed by atoms with Crippen molar-refractivity contribution in [3.05, 3.63) is 90.0 Å². The fourth-order valence-corrected chi connectivity index (χ4v) is 6.09. The van der Waals surface area contributed by atoms with Gasteiger partial charge in [0.15, 0.2) is 0 Å². The van der Waals surface area contributed by atoms with Crippen molar-refractivity contribution in [3.8, 4) is 11.1 Å². The fourth-order valence-electron chi connectivity index (χ4n) is 5.03. The van der Waals surface area contributed by atoms with Crippen molar-refractivity contribution in [1.82, 2.24) is 9.62 Å². The lowest BCUT2D eigenvalue weighted by Crippen LogP contribution is -2.38. The number of nitrogens with zero attached hydrogens (tertiary/aromatic N) is 1. The first kappa shape index (κ1) is 29.6. The van der Waals surface area contributed by atoms with E-state index in [0.717, 1.165) is 46.4 Å². The molecular weight excluding hydrogens is 524 g/mol. The summed E-state index contributed by atoms with van der Waals surface area (Å²) in [6, 6.07) is 26.2. The standard InChI is InChI=1S/C21H25NO3S.C11H13NO2/c23-21(24)15-8-16-6-9-17(10-7-16)18-11-13-20(14-12-18)26(25)22-19-4-2-1-3-5-19;13-9-12-6-7-14-8-11(12)10-4-2-1-3-5-10/h6-7,9-14,19,22H,1-5,8,15H2,(H,23,24);1-5,9,11H,6-8H2/t;11-/m.1/s1. The zero-order valence-electron chi connectivity index (χ0n) is 22.7. The molecule has 1 saturated carbocycles. The minimum absolute atomic E-state index is 0.0856. The van der Waals surface area contributed by atoms with Gasteiger partial charge < -0.3 is 14.7 Å². The van der Waals surface area contributed by atoms with Gasteiger partial charge in [-0.25, -0.2) is 8.93 Å². The van der Waals surface area contributed by atoms with E-state index in [9.17, 15) is 13.8 Å². The van der Waals surface area contributed by atoms with Gasteiger partial charge in [-0.15, -0.1) is 0 Å². The van der Waals surface area contributed by atoms with E-state index in [1.54, 1.807) is 4.90 Å². The van der Waals surface area contributed by atoms with E-state index < -0.39 is 17.0 Å². The number of hydrogen-bond acceptors (Lipinski definition) is 4. The summed E-state index contributed by atoms with van der Waals surface area (Å²) >= 11 is 0. The van der Waals surface area contributed by atoms with Crippen LogP contribution >= 0.6 is 0 Å². The van der Waals surface area contributed by atoms with Gasteiger partial charge in [-0.2, -0.15) is 0 Å². The van der Waals surface area contributed by atoms with E-state index in [0.29, 0.717) is 32.2 Å². The number of nitrogens with one attached hydrogen (secondary N) is 1. The number of ether oxygens (including phenoxy) is 1. The number of carboxylic acids is 1. The largest absolute Gasteiger partial charge is 0.481 e. The lowest BCUT2D eigenvalue weighted by Gasteiger charge is -2.32. The molecule has 0 aromatic heterocycles. The average molecular weight is 563 g/mol. The second-order valence-electron chi connectivity index (χ2n) is 10.2. The molecule has 2 aliphatic rings. The summed E-state index contributed by atoms with van der Waals surface area (Å²) in [4.78, 5) is 24.1. The maximum absolute atomic E-state index is 12.5. The van der Waals surface area contributed by atoms with Crippen LogP contribution in [0.25, 0.3) is 11.1 Å². The molecule has 1 amide bonds. The van der Waals surface area contributed by atoms with Crippen molar-refractivity contribution in [2.75, 3.05) is 19.8 Å². The number of benzene rings is 3. The lowest BCUT2D eigenvalue weighted by molar-refractivity contribution is -0.137. The molecule has 3 aromatic rings. The Morgan fingerprint density at radius 1 is 0.950 bits per heavy atom. The van der Waals surface area contributed by atoms with Gasteiger partial charge in [-0.3, -0.25) is 9.59 Å². The second kappa shape index (κ2) is 15.5. The number of amides is 1. The van der Waals surface area contributed by atoms with Gasteiger partial charge in [0.25, 0.3) is 0 Å². The summed E-state index contributed by atoms with van der Waals surface area (Å²) in [5, 5.41) is 8.75. The Balaban J connectivity index is 0.000000222. The molecule has 0 bridgehead atoms. The Kier molecular flexibility index (Phi) is 11.5. The number of aliphatic carboxylic acids is 1. The van der Waals surface area contributed by atoms with Gasteiger partial charge in [0.2, 0.25) is 6.41 Å². The summed E-state index contributed by atoms with van der Waals surface area (Å²) in [7, 11) is -1.16. The number of aryl methyl sites for hydroxylation is 1. The summed E-state index contributed by atoms with van der Waals surface area (Å²) in [5.41, 5.74) is 4.29. The fraction of sp³-hybridized carbons (Fsp3) is 0.375. The molecule has 212 valence electrons. The second-order valence-corrected chi connectivity index (χ2v) is 11.4. The Hall–Kier alpha value is -3.33. The van der Waals surface area contributed by atoms with Crippen molar-refractivity contribution >= 4 is 23.4 Å². The Bertz CT molecular complexity index is 1230. The Labute approximate surface area is 239 Å². The van der Waals surface area contributed by atoms with Crippen LogP contribution in [-0.4, -0.2) is 52.4 Å². The van der Waals surface area contributed by atoms with E-state index in [-0.39, 0.29) is 12.5 Å². The van der Waals surface area contributed by atoms with Crippen molar-refractivity contribution in [1.29, 1.82) is 0 Å². The molecule has 1 unspecified atom stereocenters. The van der Waals surface area contributed by atoms with E-state index >= 15 is 0 Å². The third-order valence-corrected chi connectivity index (χ3v) is 8.60. The Morgan fingerprint density at radius 3 is 2.23 bits per heavy atom. The summed E-state index contributed by atoms with van der Waals surface area (Å²) < 4.78 is 21.1. The molecule has 0 spiro atoms. The monoisotopic (exact) mass is 562 g/mol. The molecule has 5 rings (SSSR count). The summed E-state index contributed by atoms with van der Waals surface area (Å²) in [6.45, 7) is 1.92. The number of morpholine rings is 1. The molecule has 1 saturated heterocycles. The van der Waals surface area contributed by atoms with E-state index in [1.807, 2.05) is 78.9 Å². The van der Waals surface area contributed by atoms with Gasteiger partial charge in [-0.05, 0) is 53.6 Å². The molecule has 8 heteroatoms. The van der Waals surface area contributed by atoms with Crippen LogP contribution in [0.5, 0.6) is 0 Å². The number of carbonyl (C=O) groups excluding carboxylic acids is 1. The van der Waals surface area contributed by atoms with Crippen molar-refractivity contribution < 1.29 is 23.6 Å². The highest BCUT2D eigenvalue weighted by molar-refractivity contribution is 7.83. The molecule has 2 fully saturated rings. The van der Waals surface area contributed by atoms with Crippen LogP contribution in [0.3, 0.4) is 0 Å². The SMILES string of the molecule is O=C(O)CCc1ccc(-c2ccc(S(=O)NC3CCCCC3)cc2)cc1.O=CN1CCOC[C@@H]1c1ccccc1. The Morgan fingerprint density at radius 2 is 1.60 bits per heavy atom. The number of rotatable bonds is 9. The van der Waals surface area contributed by atoms with Gasteiger partial charge in [-0.1, -0.05) is 86.0 Å². The van der Waals surface area contributed by atoms with Gasteiger partial charge in [0, 0.05) is 19.0 Å². The highest BCUT2D eigenvalue weighted by Crippen LogP contribution is 2.24. The minimum atomic E-state index is -1.16. The molecule has 1 aliphatic carbocycles. The van der Waals surface area contributed by atoms with E-state index in [1.165, 1.54) is 19.3 Å². The molecule has 7 nitrogen and oxygen atoms in total. The topological polar surface area (TPSA) is 95.9 Å². The van der Waals surface area contributed by atoms with Crippen LogP contribution in [-0.2, 0) is 31.7 Å². The smallest absolute Gasteiger partial charge is 0.303 e. The first-order chi connectivity index (χ1) is 19.5. The molecule has 40 heavy (non-hydrogen) atoms. The highest BCUT2D eigenvalue weighted by Gasteiger charge is 2.22. The number of hydrogen-bond donors (Lipinski definition) is 2. The zero-order chi connectivity index (χ0) is 28.2. The van der Waals surface area contributed by atoms with Crippen LogP contribution in [0.2, 0.25) is 0 Å². The maximum Gasteiger partial charge on any atom is 0.303 e.